The first-order chi connectivity index (χ1) is 11.0. The third kappa shape index (κ3) is 4.54. The molecule has 0 radical (unpaired) electrons. The zero-order valence-electron chi connectivity index (χ0n) is 13.4. The topological polar surface area (TPSA) is 50.8 Å². The van der Waals surface area contributed by atoms with Crippen LogP contribution in [0, 0.1) is 5.92 Å². The van der Waals surface area contributed by atoms with E-state index < -0.39 is 12.3 Å². The number of rotatable bonds is 7. The molecule has 1 N–H and O–H groups in total. The number of nitrogens with zero attached hydrogens (tertiary/aromatic N) is 1. The molecule has 1 aliphatic heterocycles. The molecule has 1 aromatic rings. The van der Waals surface area contributed by atoms with E-state index in [2.05, 4.69) is 10.2 Å². The van der Waals surface area contributed by atoms with Gasteiger partial charge in [-0.15, -0.1) is 0 Å². The summed E-state index contributed by atoms with van der Waals surface area (Å²) >= 11 is 0. The molecule has 1 atom stereocenters. The second-order valence-corrected chi connectivity index (χ2v) is 5.59. The number of nitrogens with one attached hydrogen (secondary N) is 1. The lowest BCUT2D eigenvalue weighted by Crippen LogP contribution is -2.34. The summed E-state index contributed by atoms with van der Waals surface area (Å²) in [6.07, 6.45) is -2.08. The summed E-state index contributed by atoms with van der Waals surface area (Å²) in [5.74, 6) is 0.390. The van der Waals surface area contributed by atoms with Crippen LogP contribution in [0.25, 0.3) is 0 Å². The number of para-hydroxylation sites is 1. The summed E-state index contributed by atoms with van der Waals surface area (Å²) in [6, 6.07) is 5.73. The van der Waals surface area contributed by atoms with E-state index in [0.717, 1.165) is 25.1 Å². The summed E-state index contributed by atoms with van der Waals surface area (Å²) in [4.78, 5) is 13.1. The molecule has 23 heavy (non-hydrogen) atoms. The van der Waals surface area contributed by atoms with Crippen molar-refractivity contribution in [1.29, 1.82) is 0 Å². The van der Waals surface area contributed by atoms with E-state index in [9.17, 15) is 13.6 Å². The Bertz CT molecular complexity index is 540. The Morgan fingerprint density at radius 2 is 2.17 bits per heavy atom. The predicted octanol–water partition coefficient (Wildman–Crippen LogP) is 1.91. The quantitative estimate of drug-likeness (QED) is 0.831. The molecular formula is C16H22F2N2O3. The largest absolute Gasteiger partial charge is 0.493 e. The number of amides is 1. The molecule has 1 fully saturated rings. The van der Waals surface area contributed by atoms with Crippen molar-refractivity contribution < 1.29 is 23.0 Å². The minimum atomic E-state index is -2.95. The van der Waals surface area contributed by atoms with Gasteiger partial charge in [0.15, 0.2) is 11.5 Å². The van der Waals surface area contributed by atoms with Crippen LogP contribution in [0.1, 0.15) is 12.0 Å². The minimum absolute atomic E-state index is 0.189. The molecule has 1 amide bonds. The van der Waals surface area contributed by atoms with Gasteiger partial charge in [0.2, 0.25) is 0 Å². The number of halogens is 2. The van der Waals surface area contributed by atoms with Gasteiger partial charge >= 0.3 is 6.43 Å². The van der Waals surface area contributed by atoms with Gasteiger partial charge in [0, 0.05) is 25.2 Å². The van der Waals surface area contributed by atoms with Gasteiger partial charge in [-0.25, -0.2) is 0 Å². The van der Waals surface area contributed by atoms with Crippen molar-refractivity contribution in [3.8, 4) is 11.5 Å². The number of ether oxygens (including phenoxy) is 2. The number of likely N-dealkylation sites (tertiary alicyclic amines) is 1. The predicted molar refractivity (Wildman–Crippen MR) is 81.9 cm³/mol. The van der Waals surface area contributed by atoms with Crippen molar-refractivity contribution in [3.05, 3.63) is 23.8 Å². The number of benzene rings is 1. The molecule has 0 aromatic heterocycles. The molecule has 0 saturated carbocycles. The van der Waals surface area contributed by atoms with E-state index in [1.54, 1.807) is 14.2 Å². The van der Waals surface area contributed by atoms with Crippen molar-refractivity contribution in [2.75, 3.05) is 33.9 Å². The van der Waals surface area contributed by atoms with Crippen molar-refractivity contribution in [2.45, 2.75) is 19.4 Å². The van der Waals surface area contributed by atoms with Crippen LogP contribution in [0.2, 0.25) is 0 Å². The molecule has 128 valence electrons. The molecule has 5 nitrogen and oxygen atoms in total. The number of alkyl halides is 2. The van der Waals surface area contributed by atoms with Crippen molar-refractivity contribution >= 4 is 5.91 Å². The fourth-order valence-electron chi connectivity index (χ4n) is 2.86. The Labute approximate surface area is 134 Å². The highest BCUT2D eigenvalue weighted by Gasteiger charge is 2.25. The van der Waals surface area contributed by atoms with Gasteiger partial charge in [0.1, 0.15) is 0 Å². The highest BCUT2D eigenvalue weighted by molar-refractivity contribution is 5.79. The number of hydrogen-bond acceptors (Lipinski definition) is 4. The summed E-state index contributed by atoms with van der Waals surface area (Å²) in [6.45, 7) is 2.59. The molecule has 1 saturated heterocycles. The molecule has 1 unspecified atom stereocenters. The van der Waals surface area contributed by atoms with Crippen molar-refractivity contribution in [1.82, 2.24) is 10.2 Å². The first kappa shape index (κ1) is 17.5. The van der Waals surface area contributed by atoms with Gasteiger partial charge in [0.25, 0.3) is 5.91 Å². The summed E-state index contributed by atoms with van der Waals surface area (Å²) in [5, 5.41) is 2.29. The Kier molecular flexibility index (Phi) is 6.15. The third-order valence-corrected chi connectivity index (χ3v) is 4.01. The maximum Gasteiger partial charge on any atom is 0.315 e. The molecule has 1 heterocycles. The summed E-state index contributed by atoms with van der Waals surface area (Å²) in [7, 11) is 3.20. The van der Waals surface area contributed by atoms with Gasteiger partial charge in [-0.2, -0.15) is 8.78 Å². The van der Waals surface area contributed by atoms with Crippen LogP contribution < -0.4 is 14.8 Å². The fraction of sp³-hybridized carbons (Fsp3) is 0.562. The van der Waals surface area contributed by atoms with E-state index in [1.165, 1.54) is 0 Å². The maximum atomic E-state index is 12.2. The van der Waals surface area contributed by atoms with Crippen LogP contribution in [-0.2, 0) is 11.3 Å². The lowest BCUT2D eigenvalue weighted by molar-refractivity contribution is -0.131. The van der Waals surface area contributed by atoms with E-state index in [1.807, 2.05) is 18.2 Å². The van der Waals surface area contributed by atoms with Gasteiger partial charge in [0.05, 0.1) is 14.2 Å². The van der Waals surface area contributed by atoms with Crippen LogP contribution >= 0.6 is 0 Å². The second kappa shape index (κ2) is 8.10. The zero-order chi connectivity index (χ0) is 16.8. The first-order valence-electron chi connectivity index (χ1n) is 7.53. The molecule has 2 rings (SSSR count). The standard InChI is InChI=1S/C16H22F2N2O3/c1-22-13-5-3-4-12(14(13)23-2)10-20-7-6-11(9-20)8-19-16(21)15(17)18/h3-5,11,15H,6-10H2,1-2H3,(H,19,21). The van der Waals surface area contributed by atoms with Gasteiger partial charge in [-0.3, -0.25) is 9.69 Å². The van der Waals surface area contributed by atoms with E-state index in [0.29, 0.717) is 18.0 Å². The highest BCUT2D eigenvalue weighted by Crippen LogP contribution is 2.32. The first-order valence-corrected chi connectivity index (χ1v) is 7.53. The van der Waals surface area contributed by atoms with E-state index in [-0.39, 0.29) is 12.5 Å². The van der Waals surface area contributed by atoms with E-state index >= 15 is 0 Å². The second-order valence-electron chi connectivity index (χ2n) is 5.59. The molecular weight excluding hydrogens is 306 g/mol. The third-order valence-electron chi connectivity index (χ3n) is 4.01. The average Bonchev–Trinajstić information content (AvgIpc) is 2.99. The van der Waals surface area contributed by atoms with E-state index in [4.69, 9.17) is 9.47 Å². The molecule has 0 aliphatic carbocycles. The Morgan fingerprint density at radius 3 is 2.83 bits per heavy atom. The van der Waals surface area contributed by atoms with Crippen LogP contribution in [0.4, 0.5) is 8.78 Å². The molecule has 0 bridgehead atoms. The van der Waals surface area contributed by atoms with Gasteiger partial charge in [-0.05, 0) is 24.9 Å². The molecule has 0 spiro atoms. The summed E-state index contributed by atoms with van der Waals surface area (Å²) in [5.41, 5.74) is 1.02. The Morgan fingerprint density at radius 1 is 1.39 bits per heavy atom. The Hall–Kier alpha value is -1.89. The SMILES string of the molecule is COc1cccc(CN2CCC(CNC(=O)C(F)F)C2)c1OC. The smallest absolute Gasteiger partial charge is 0.315 e. The lowest BCUT2D eigenvalue weighted by atomic mass is 10.1. The highest BCUT2D eigenvalue weighted by atomic mass is 19.3. The zero-order valence-corrected chi connectivity index (χ0v) is 13.4. The summed E-state index contributed by atoms with van der Waals surface area (Å²) < 4.78 is 35.1. The normalized spacial score (nSPS) is 18.2. The Balaban J connectivity index is 1.90. The maximum absolute atomic E-state index is 12.2. The number of carbonyl (C=O) groups is 1. The van der Waals surface area contributed by atoms with Crippen LogP contribution in [0.15, 0.2) is 18.2 Å². The molecule has 1 aromatic carbocycles. The number of hydrogen-bond donors (Lipinski definition) is 1. The van der Waals surface area contributed by atoms with Gasteiger partial charge in [-0.1, -0.05) is 12.1 Å². The lowest BCUT2D eigenvalue weighted by Gasteiger charge is -2.19. The molecule has 7 heteroatoms. The molecule has 1 aliphatic rings. The van der Waals surface area contributed by atoms with Crippen molar-refractivity contribution in [3.63, 3.8) is 0 Å². The van der Waals surface area contributed by atoms with Gasteiger partial charge < -0.3 is 14.8 Å². The van der Waals surface area contributed by atoms with Crippen LogP contribution in [-0.4, -0.2) is 51.1 Å². The van der Waals surface area contributed by atoms with Crippen LogP contribution in [0.5, 0.6) is 11.5 Å². The fourth-order valence-corrected chi connectivity index (χ4v) is 2.86. The van der Waals surface area contributed by atoms with Crippen LogP contribution in [0.3, 0.4) is 0 Å². The average molecular weight is 328 g/mol. The van der Waals surface area contributed by atoms with Crippen molar-refractivity contribution in [2.24, 2.45) is 5.92 Å². The number of carbonyl (C=O) groups excluding carboxylic acids is 1. The monoisotopic (exact) mass is 328 g/mol. The number of methoxy groups -OCH3 is 2. The minimum Gasteiger partial charge on any atom is -0.493 e.